The zero-order valence-electron chi connectivity index (χ0n) is 13.7. The predicted octanol–water partition coefficient (Wildman–Crippen LogP) is 3.74. The quantitative estimate of drug-likeness (QED) is 0.240. The number of hydrogen-bond acceptors (Lipinski definition) is 5. The number of carbonyl (C=O) groups excluding carboxylic acids is 1. The van der Waals surface area contributed by atoms with Gasteiger partial charge in [0.1, 0.15) is 12.4 Å². The summed E-state index contributed by atoms with van der Waals surface area (Å²) in [6, 6.07) is 4.10. The number of Topliss-reactive ketones (excluding diaryl/α,β-unsaturated/α-hetero) is 1. The molecule has 0 aromatic heterocycles. The van der Waals surface area contributed by atoms with Gasteiger partial charge >= 0.3 is 0 Å². The van der Waals surface area contributed by atoms with Crippen molar-refractivity contribution >= 4 is 34.7 Å². The summed E-state index contributed by atoms with van der Waals surface area (Å²) in [6.45, 7) is 4.22. The fraction of sp³-hybridized carbons (Fsp3) is 0.562. The van der Waals surface area contributed by atoms with Gasteiger partial charge in [0.15, 0.2) is 5.78 Å². The van der Waals surface area contributed by atoms with Gasteiger partial charge in [0, 0.05) is 49.9 Å². The van der Waals surface area contributed by atoms with Gasteiger partial charge in [0.2, 0.25) is 0 Å². The SMILES string of the molecule is CCCC(=O)c1cc([N+](=O)[O-])ccc1OCCN(CCCl)CCCl. The summed E-state index contributed by atoms with van der Waals surface area (Å²) < 4.78 is 5.69. The van der Waals surface area contributed by atoms with E-state index in [-0.39, 0.29) is 17.0 Å². The second-order valence-electron chi connectivity index (χ2n) is 5.18. The highest BCUT2D eigenvalue weighted by molar-refractivity contribution is 6.18. The lowest BCUT2D eigenvalue weighted by molar-refractivity contribution is -0.384. The molecule has 6 nitrogen and oxygen atoms in total. The largest absolute Gasteiger partial charge is 0.491 e. The molecular formula is C16H22Cl2N2O4. The molecule has 0 amide bonds. The van der Waals surface area contributed by atoms with E-state index in [2.05, 4.69) is 4.90 Å². The number of non-ortho nitro benzene ring substituents is 1. The van der Waals surface area contributed by atoms with Crippen LogP contribution >= 0.6 is 23.2 Å². The molecule has 0 spiro atoms. The molecular weight excluding hydrogens is 355 g/mol. The molecule has 0 bridgehead atoms. The van der Waals surface area contributed by atoms with Gasteiger partial charge in [-0.3, -0.25) is 19.8 Å². The van der Waals surface area contributed by atoms with Crippen molar-refractivity contribution in [1.82, 2.24) is 4.90 Å². The van der Waals surface area contributed by atoms with E-state index in [1.165, 1.54) is 18.2 Å². The first-order valence-corrected chi connectivity index (χ1v) is 8.89. The minimum atomic E-state index is -0.519. The Bertz CT molecular complexity index is 549. The molecule has 0 atom stereocenters. The van der Waals surface area contributed by atoms with E-state index in [4.69, 9.17) is 27.9 Å². The van der Waals surface area contributed by atoms with Crippen molar-refractivity contribution in [2.24, 2.45) is 0 Å². The van der Waals surface area contributed by atoms with Gasteiger partial charge in [-0.15, -0.1) is 23.2 Å². The second kappa shape index (κ2) is 11.2. The molecule has 134 valence electrons. The van der Waals surface area contributed by atoms with Crippen LogP contribution in [-0.4, -0.2) is 53.6 Å². The van der Waals surface area contributed by atoms with Gasteiger partial charge in [-0.05, 0) is 12.5 Å². The van der Waals surface area contributed by atoms with Crippen LogP contribution in [0.4, 0.5) is 5.69 Å². The Morgan fingerprint density at radius 3 is 2.46 bits per heavy atom. The molecule has 24 heavy (non-hydrogen) atoms. The van der Waals surface area contributed by atoms with E-state index in [0.29, 0.717) is 56.6 Å². The third-order valence-electron chi connectivity index (χ3n) is 3.42. The van der Waals surface area contributed by atoms with Crippen LogP contribution in [0, 0.1) is 10.1 Å². The lowest BCUT2D eigenvalue weighted by atomic mass is 10.1. The minimum absolute atomic E-state index is 0.118. The Morgan fingerprint density at radius 2 is 1.92 bits per heavy atom. The Labute approximate surface area is 151 Å². The number of ether oxygens (including phenoxy) is 1. The first kappa shape index (κ1) is 20.7. The van der Waals surface area contributed by atoms with Crippen molar-refractivity contribution in [3.8, 4) is 5.75 Å². The van der Waals surface area contributed by atoms with Crippen LogP contribution in [0.5, 0.6) is 5.75 Å². The number of nitrogens with zero attached hydrogens (tertiary/aromatic N) is 2. The zero-order valence-corrected chi connectivity index (χ0v) is 15.2. The van der Waals surface area contributed by atoms with Crippen molar-refractivity contribution in [3.05, 3.63) is 33.9 Å². The van der Waals surface area contributed by atoms with Gasteiger partial charge < -0.3 is 4.74 Å². The minimum Gasteiger partial charge on any atom is -0.491 e. The number of ketones is 1. The van der Waals surface area contributed by atoms with Gasteiger partial charge in [-0.25, -0.2) is 0 Å². The van der Waals surface area contributed by atoms with E-state index in [1.807, 2.05) is 6.92 Å². The Kier molecular flexibility index (Phi) is 9.67. The average molecular weight is 377 g/mol. The Balaban J connectivity index is 2.81. The first-order chi connectivity index (χ1) is 11.5. The maximum absolute atomic E-state index is 12.2. The van der Waals surface area contributed by atoms with Crippen molar-refractivity contribution in [2.75, 3.05) is 38.0 Å². The maximum Gasteiger partial charge on any atom is 0.270 e. The predicted molar refractivity (Wildman–Crippen MR) is 95.7 cm³/mol. The molecule has 0 N–H and O–H groups in total. The summed E-state index contributed by atoms with van der Waals surface area (Å²) >= 11 is 11.5. The summed E-state index contributed by atoms with van der Waals surface area (Å²) in [5.74, 6) is 1.20. The van der Waals surface area contributed by atoms with Gasteiger partial charge in [0.05, 0.1) is 10.5 Å². The lowest BCUT2D eigenvalue weighted by Crippen LogP contribution is -2.32. The second-order valence-corrected chi connectivity index (χ2v) is 5.93. The summed E-state index contributed by atoms with van der Waals surface area (Å²) in [5.41, 5.74) is 0.139. The van der Waals surface area contributed by atoms with E-state index in [1.54, 1.807) is 0 Å². The Morgan fingerprint density at radius 1 is 1.25 bits per heavy atom. The first-order valence-electron chi connectivity index (χ1n) is 7.82. The number of nitro groups is 1. The van der Waals surface area contributed by atoms with Crippen LogP contribution in [0.15, 0.2) is 18.2 Å². The molecule has 0 saturated carbocycles. The van der Waals surface area contributed by atoms with E-state index >= 15 is 0 Å². The highest BCUT2D eigenvalue weighted by atomic mass is 35.5. The average Bonchev–Trinajstić information content (AvgIpc) is 2.55. The molecule has 8 heteroatoms. The molecule has 1 rings (SSSR count). The summed E-state index contributed by atoms with van der Waals surface area (Å²) in [7, 11) is 0. The van der Waals surface area contributed by atoms with Crippen LogP contribution in [-0.2, 0) is 0 Å². The third-order valence-corrected chi connectivity index (χ3v) is 3.76. The third kappa shape index (κ3) is 6.63. The topological polar surface area (TPSA) is 72.7 Å². The number of rotatable bonds is 12. The number of hydrogen-bond donors (Lipinski definition) is 0. The van der Waals surface area contributed by atoms with Crippen molar-refractivity contribution in [2.45, 2.75) is 19.8 Å². The lowest BCUT2D eigenvalue weighted by Gasteiger charge is -2.20. The number of nitro benzene ring substituents is 1. The normalized spacial score (nSPS) is 10.8. The standard InChI is InChI=1S/C16H22Cl2N2O4/c1-2-3-15(21)14-12-13(20(22)23)4-5-16(14)24-11-10-19(8-6-17)9-7-18/h4-5,12H,2-3,6-11H2,1H3. The van der Waals surface area contributed by atoms with Gasteiger partial charge in [-0.1, -0.05) is 6.92 Å². The number of alkyl halides is 2. The van der Waals surface area contributed by atoms with Gasteiger partial charge in [0.25, 0.3) is 5.69 Å². The molecule has 0 fully saturated rings. The molecule has 0 aliphatic carbocycles. The van der Waals surface area contributed by atoms with E-state index in [9.17, 15) is 14.9 Å². The van der Waals surface area contributed by atoms with E-state index < -0.39 is 4.92 Å². The van der Waals surface area contributed by atoms with E-state index in [0.717, 1.165) is 0 Å². The fourth-order valence-electron chi connectivity index (χ4n) is 2.20. The van der Waals surface area contributed by atoms with Gasteiger partial charge in [-0.2, -0.15) is 0 Å². The monoisotopic (exact) mass is 376 g/mol. The van der Waals surface area contributed by atoms with Crippen molar-refractivity contribution < 1.29 is 14.5 Å². The molecule has 0 unspecified atom stereocenters. The molecule has 0 heterocycles. The summed E-state index contributed by atoms with van der Waals surface area (Å²) in [6.07, 6.45) is 0.988. The number of benzene rings is 1. The summed E-state index contributed by atoms with van der Waals surface area (Å²) in [5, 5.41) is 10.9. The number of carbonyl (C=O) groups is 1. The summed E-state index contributed by atoms with van der Waals surface area (Å²) in [4.78, 5) is 24.6. The maximum atomic E-state index is 12.2. The Hall–Kier alpha value is -1.37. The van der Waals surface area contributed by atoms with Crippen LogP contribution < -0.4 is 4.74 Å². The highest BCUT2D eigenvalue weighted by Crippen LogP contribution is 2.26. The van der Waals surface area contributed by atoms with Crippen molar-refractivity contribution in [1.29, 1.82) is 0 Å². The molecule has 0 radical (unpaired) electrons. The number of halogens is 2. The zero-order chi connectivity index (χ0) is 17.9. The smallest absolute Gasteiger partial charge is 0.270 e. The van der Waals surface area contributed by atoms with Crippen LogP contribution in [0.3, 0.4) is 0 Å². The van der Waals surface area contributed by atoms with Crippen LogP contribution in [0.1, 0.15) is 30.1 Å². The molecule has 1 aromatic rings. The van der Waals surface area contributed by atoms with Crippen LogP contribution in [0.25, 0.3) is 0 Å². The molecule has 0 saturated heterocycles. The fourth-order valence-corrected chi connectivity index (χ4v) is 2.67. The molecule has 0 aliphatic rings. The van der Waals surface area contributed by atoms with Crippen LogP contribution in [0.2, 0.25) is 0 Å². The highest BCUT2D eigenvalue weighted by Gasteiger charge is 2.17. The van der Waals surface area contributed by atoms with Crippen molar-refractivity contribution in [3.63, 3.8) is 0 Å². The molecule has 0 aliphatic heterocycles. The molecule has 1 aromatic carbocycles.